The average molecular weight is 424 g/mol. The van der Waals surface area contributed by atoms with Crippen molar-refractivity contribution < 1.29 is 22.6 Å². The van der Waals surface area contributed by atoms with Crippen LogP contribution >= 0.6 is 10.5 Å². The molecular formula is C19H19F3N4O2S. The third-order valence-electron chi connectivity index (χ3n) is 4.63. The molecular weight excluding hydrogens is 405 g/mol. The Balaban J connectivity index is 1.64. The summed E-state index contributed by atoms with van der Waals surface area (Å²) in [7, 11) is 2.05. The highest BCUT2D eigenvalue weighted by molar-refractivity contribution is 8.15. The van der Waals surface area contributed by atoms with Crippen LogP contribution in [0.2, 0.25) is 0 Å². The highest BCUT2D eigenvalue weighted by Gasteiger charge is 2.40. The van der Waals surface area contributed by atoms with Gasteiger partial charge in [0.1, 0.15) is 23.8 Å². The fourth-order valence-corrected chi connectivity index (χ4v) is 5.45. The second-order valence-electron chi connectivity index (χ2n) is 7.21. The van der Waals surface area contributed by atoms with Gasteiger partial charge in [0.05, 0.1) is 6.20 Å². The third-order valence-corrected chi connectivity index (χ3v) is 6.72. The van der Waals surface area contributed by atoms with Crippen molar-refractivity contribution in [1.29, 1.82) is 0 Å². The lowest BCUT2D eigenvalue weighted by atomic mass is 9.94. The second kappa shape index (κ2) is 7.33. The second-order valence-corrected chi connectivity index (χ2v) is 9.01. The Morgan fingerprint density at radius 3 is 2.76 bits per heavy atom. The quantitative estimate of drug-likeness (QED) is 0.562. The first-order chi connectivity index (χ1) is 13.7. The Kier molecular flexibility index (Phi) is 4.97. The number of rotatable bonds is 6. The van der Waals surface area contributed by atoms with Crippen molar-refractivity contribution in [2.75, 3.05) is 18.1 Å². The van der Waals surface area contributed by atoms with Crippen LogP contribution < -0.4 is 9.47 Å². The minimum absolute atomic E-state index is 0.0316. The van der Waals surface area contributed by atoms with Gasteiger partial charge in [-0.05, 0) is 6.07 Å². The van der Waals surface area contributed by atoms with Crippen LogP contribution in [0.1, 0.15) is 12.7 Å². The Morgan fingerprint density at radius 1 is 1.31 bits per heavy atom. The maximum atomic E-state index is 13.4. The van der Waals surface area contributed by atoms with Gasteiger partial charge in [-0.25, -0.2) is 23.1 Å². The number of ether oxygens (including phenoxy) is 2. The van der Waals surface area contributed by atoms with Crippen molar-refractivity contribution in [1.82, 2.24) is 19.5 Å². The maximum absolute atomic E-state index is 13.4. The zero-order valence-corrected chi connectivity index (χ0v) is 16.7. The van der Waals surface area contributed by atoms with Crippen LogP contribution in [0.5, 0.6) is 17.5 Å². The van der Waals surface area contributed by atoms with Crippen molar-refractivity contribution >= 4 is 27.5 Å². The van der Waals surface area contributed by atoms with Gasteiger partial charge >= 0.3 is 0 Å². The molecule has 1 fully saturated rings. The van der Waals surface area contributed by atoms with Crippen LogP contribution in [0.4, 0.5) is 13.2 Å². The van der Waals surface area contributed by atoms with Gasteiger partial charge in [-0.2, -0.15) is 15.5 Å². The fourth-order valence-electron chi connectivity index (χ4n) is 3.47. The Hall–Kier alpha value is -2.62. The Bertz CT molecular complexity index is 1090. The third kappa shape index (κ3) is 3.81. The highest BCUT2D eigenvalue weighted by atomic mass is 32.2. The van der Waals surface area contributed by atoms with Gasteiger partial charge in [-0.3, -0.25) is 0 Å². The molecule has 0 saturated carbocycles. The zero-order chi connectivity index (χ0) is 20.8. The SMILES string of the molecule is C=S1CC(C)(c2nc3ccc(Oc4ncc(F)cc4OCC(F)F)nc3n2C)C1. The molecule has 6 nitrogen and oxygen atoms in total. The number of alkyl halides is 2. The molecule has 0 radical (unpaired) electrons. The van der Waals surface area contributed by atoms with Crippen LogP contribution in [0.15, 0.2) is 24.4 Å². The van der Waals surface area contributed by atoms with E-state index < -0.39 is 18.8 Å². The minimum atomic E-state index is -2.71. The van der Waals surface area contributed by atoms with Gasteiger partial charge in [0, 0.05) is 36.1 Å². The summed E-state index contributed by atoms with van der Waals surface area (Å²) >= 11 is 0. The topological polar surface area (TPSA) is 62.1 Å². The number of fused-ring (bicyclic) bond motifs is 1. The molecule has 10 heteroatoms. The number of pyridine rings is 2. The van der Waals surface area contributed by atoms with Gasteiger partial charge in [0.15, 0.2) is 11.4 Å². The molecule has 0 aromatic carbocycles. The van der Waals surface area contributed by atoms with Crippen molar-refractivity contribution in [3.05, 3.63) is 36.0 Å². The molecule has 1 aliphatic heterocycles. The van der Waals surface area contributed by atoms with E-state index in [1.165, 1.54) is 0 Å². The van der Waals surface area contributed by atoms with E-state index in [4.69, 9.17) is 14.5 Å². The van der Waals surface area contributed by atoms with E-state index >= 15 is 0 Å². The van der Waals surface area contributed by atoms with E-state index in [0.29, 0.717) is 11.2 Å². The summed E-state index contributed by atoms with van der Waals surface area (Å²) in [6, 6.07) is 4.30. The van der Waals surface area contributed by atoms with Gasteiger partial charge in [0.2, 0.25) is 5.88 Å². The lowest BCUT2D eigenvalue weighted by Gasteiger charge is -2.40. The summed E-state index contributed by atoms with van der Waals surface area (Å²) in [4.78, 5) is 13.0. The molecule has 1 aliphatic rings. The summed E-state index contributed by atoms with van der Waals surface area (Å²) in [5.41, 5.74) is 1.30. The van der Waals surface area contributed by atoms with E-state index in [0.717, 1.165) is 29.6 Å². The zero-order valence-electron chi connectivity index (χ0n) is 15.9. The minimum Gasteiger partial charge on any atom is -0.482 e. The molecule has 3 aromatic rings. The molecule has 0 spiro atoms. The summed E-state index contributed by atoms with van der Waals surface area (Å²) in [6.45, 7) is 1.26. The molecule has 3 aromatic heterocycles. The van der Waals surface area contributed by atoms with E-state index in [-0.39, 0.29) is 33.4 Å². The van der Waals surface area contributed by atoms with Gasteiger partial charge in [-0.1, -0.05) is 12.8 Å². The molecule has 0 N–H and O–H groups in total. The summed E-state index contributed by atoms with van der Waals surface area (Å²) in [5, 5.41) is 0. The average Bonchev–Trinajstić information content (AvgIpc) is 2.97. The number of aryl methyl sites for hydroxylation is 1. The number of nitrogens with zero attached hydrogens (tertiary/aromatic N) is 4. The van der Waals surface area contributed by atoms with Crippen LogP contribution in [0.3, 0.4) is 0 Å². The van der Waals surface area contributed by atoms with Gasteiger partial charge < -0.3 is 14.0 Å². The molecule has 0 atom stereocenters. The standard InChI is InChI=1S/C19H19F3N4O2S/c1-19(9-29(3)10-19)18-24-12-4-5-15(25-16(12)26(18)2)28-17-13(27-8-14(21)22)6-11(20)7-23-17/h4-7,14H,3,8-10H2,1-2H3. The van der Waals surface area contributed by atoms with Crippen LogP contribution in [0.25, 0.3) is 11.2 Å². The maximum Gasteiger partial charge on any atom is 0.272 e. The molecule has 154 valence electrons. The molecule has 4 rings (SSSR count). The molecule has 0 bridgehead atoms. The molecule has 1 saturated heterocycles. The predicted octanol–water partition coefficient (Wildman–Crippen LogP) is 3.91. The summed E-state index contributed by atoms with van der Waals surface area (Å²) < 4.78 is 50.8. The first-order valence-corrected chi connectivity index (χ1v) is 10.5. The number of hydrogen-bond acceptors (Lipinski definition) is 5. The van der Waals surface area contributed by atoms with Crippen LogP contribution in [0, 0.1) is 5.82 Å². The van der Waals surface area contributed by atoms with Gasteiger partial charge in [0.25, 0.3) is 12.3 Å². The largest absolute Gasteiger partial charge is 0.482 e. The first-order valence-electron chi connectivity index (χ1n) is 8.81. The van der Waals surface area contributed by atoms with Crippen molar-refractivity contribution in [3.8, 4) is 17.5 Å². The van der Waals surface area contributed by atoms with Crippen molar-refractivity contribution in [2.24, 2.45) is 7.05 Å². The Morgan fingerprint density at radius 2 is 2.07 bits per heavy atom. The van der Waals surface area contributed by atoms with E-state index in [1.54, 1.807) is 12.1 Å². The van der Waals surface area contributed by atoms with E-state index in [9.17, 15) is 13.2 Å². The number of imidazole rings is 1. The number of hydrogen-bond donors (Lipinski definition) is 0. The predicted molar refractivity (Wildman–Crippen MR) is 106 cm³/mol. The molecule has 4 heterocycles. The van der Waals surface area contributed by atoms with Gasteiger partial charge in [-0.15, -0.1) is 0 Å². The number of aromatic nitrogens is 4. The molecule has 0 unspecified atom stereocenters. The van der Waals surface area contributed by atoms with E-state index in [1.807, 2.05) is 11.6 Å². The van der Waals surface area contributed by atoms with Crippen molar-refractivity contribution in [2.45, 2.75) is 18.8 Å². The molecule has 0 aliphatic carbocycles. The van der Waals surface area contributed by atoms with Crippen LogP contribution in [-0.2, 0) is 12.5 Å². The normalized spacial score (nSPS) is 21.4. The lowest BCUT2D eigenvalue weighted by Crippen LogP contribution is -2.41. The Labute approximate surface area is 167 Å². The highest BCUT2D eigenvalue weighted by Crippen LogP contribution is 2.44. The van der Waals surface area contributed by atoms with E-state index in [2.05, 4.69) is 22.8 Å². The molecule has 0 amide bonds. The summed E-state index contributed by atoms with van der Waals surface area (Å²) in [6.07, 6.45) is -1.79. The summed E-state index contributed by atoms with van der Waals surface area (Å²) in [5.74, 6) is 6.10. The molecule has 29 heavy (non-hydrogen) atoms. The van der Waals surface area contributed by atoms with Crippen molar-refractivity contribution in [3.63, 3.8) is 0 Å². The number of halogens is 3. The first kappa shape index (κ1) is 19.7. The fraction of sp³-hybridized carbons (Fsp3) is 0.368. The smallest absolute Gasteiger partial charge is 0.272 e. The monoisotopic (exact) mass is 424 g/mol. The lowest BCUT2D eigenvalue weighted by molar-refractivity contribution is 0.0801. The van der Waals surface area contributed by atoms with Crippen LogP contribution in [-0.4, -0.2) is 49.9 Å².